The molecule has 1 fully saturated rings. The van der Waals surface area contributed by atoms with Gasteiger partial charge >= 0.3 is 0 Å². The van der Waals surface area contributed by atoms with E-state index in [-0.39, 0.29) is 5.91 Å². The lowest BCUT2D eigenvalue weighted by Gasteiger charge is -2.23. The molecule has 0 bridgehead atoms. The lowest BCUT2D eigenvalue weighted by Crippen LogP contribution is -2.30. The van der Waals surface area contributed by atoms with Crippen LogP contribution in [0.2, 0.25) is 0 Å². The van der Waals surface area contributed by atoms with Crippen molar-refractivity contribution in [2.75, 3.05) is 19.8 Å². The van der Waals surface area contributed by atoms with Gasteiger partial charge in [0.05, 0.1) is 13.2 Å². The van der Waals surface area contributed by atoms with Crippen LogP contribution in [0.5, 0.6) is 5.75 Å². The molecule has 6 heteroatoms. The number of ether oxygens (including phenoxy) is 2. The lowest BCUT2D eigenvalue weighted by molar-refractivity contribution is 0.0730. The van der Waals surface area contributed by atoms with Crippen molar-refractivity contribution in [3.05, 3.63) is 94.9 Å². The fourth-order valence-electron chi connectivity index (χ4n) is 4.53. The number of rotatable bonds is 8. The number of carbonyl (C=O) groups is 1. The summed E-state index contributed by atoms with van der Waals surface area (Å²) in [4.78, 5) is 23.2. The number of pyridine rings is 1. The van der Waals surface area contributed by atoms with E-state index in [1.807, 2.05) is 65.7 Å². The maximum Gasteiger partial charge on any atom is 0.254 e. The molecule has 6 nitrogen and oxygen atoms in total. The van der Waals surface area contributed by atoms with E-state index < -0.39 is 0 Å². The number of hydrogen-bond acceptors (Lipinski definition) is 4. The molecule has 2 aromatic carbocycles. The standard InChI is InChI=1S/C29H31N3O3/c1-20-21(2)31-28-10-7-25(14-27(20)28)29(33)32(17-23-4-3-12-30-15-23)16-22-5-8-26(9-6-22)35-19-24-11-13-34-18-24/h3-10,12,14-15,24,31H,11,13,16-19H2,1-2H3/t24-/m1/s1. The molecule has 180 valence electrons. The zero-order valence-corrected chi connectivity index (χ0v) is 20.3. The van der Waals surface area contributed by atoms with Crippen LogP contribution in [0.25, 0.3) is 10.9 Å². The maximum atomic E-state index is 13.7. The van der Waals surface area contributed by atoms with Crippen molar-refractivity contribution in [3.8, 4) is 5.75 Å². The van der Waals surface area contributed by atoms with Crippen molar-refractivity contribution >= 4 is 16.8 Å². The smallest absolute Gasteiger partial charge is 0.254 e. The van der Waals surface area contributed by atoms with E-state index in [1.165, 1.54) is 5.56 Å². The summed E-state index contributed by atoms with van der Waals surface area (Å²) in [7, 11) is 0. The second kappa shape index (κ2) is 10.3. The zero-order valence-electron chi connectivity index (χ0n) is 20.3. The second-order valence-corrected chi connectivity index (χ2v) is 9.34. The molecule has 1 atom stereocenters. The van der Waals surface area contributed by atoms with Gasteiger partial charge in [-0.3, -0.25) is 9.78 Å². The largest absolute Gasteiger partial charge is 0.493 e. The number of aromatic amines is 1. The summed E-state index contributed by atoms with van der Waals surface area (Å²) in [6.07, 6.45) is 4.61. The predicted octanol–water partition coefficient (Wildman–Crippen LogP) is 5.44. The summed E-state index contributed by atoms with van der Waals surface area (Å²) >= 11 is 0. The Morgan fingerprint density at radius 1 is 1.11 bits per heavy atom. The normalized spacial score (nSPS) is 15.4. The Bertz CT molecular complexity index is 1290. The number of aryl methyl sites for hydroxylation is 2. The van der Waals surface area contributed by atoms with E-state index >= 15 is 0 Å². The first-order valence-electron chi connectivity index (χ1n) is 12.1. The summed E-state index contributed by atoms with van der Waals surface area (Å²) in [5, 5.41) is 1.09. The molecule has 0 spiro atoms. The van der Waals surface area contributed by atoms with Crippen LogP contribution in [0.4, 0.5) is 0 Å². The Morgan fingerprint density at radius 3 is 2.69 bits per heavy atom. The highest BCUT2D eigenvalue weighted by Gasteiger charge is 2.19. The predicted molar refractivity (Wildman–Crippen MR) is 136 cm³/mol. The molecular weight excluding hydrogens is 438 g/mol. The van der Waals surface area contributed by atoms with Gasteiger partial charge in [-0.25, -0.2) is 0 Å². The van der Waals surface area contributed by atoms with Crippen molar-refractivity contribution in [1.29, 1.82) is 0 Å². The Hall–Kier alpha value is -3.64. The minimum atomic E-state index is -0.00411. The fourth-order valence-corrected chi connectivity index (χ4v) is 4.53. The molecule has 3 heterocycles. The topological polar surface area (TPSA) is 67.5 Å². The van der Waals surface area contributed by atoms with Crippen LogP contribution in [0.1, 0.15) is 39.2 Å². The fraction of sp³-hybridized carbons (Fsp3) is 0.310. The Labute approximate surface area is 205 Å². The quantitative estimate of drug-likeness (QED) is 0.373. The van der Waals surface area contributed by atoms with Gasteiger partial charge in [0.15, 0.2) is 0 Å². The third-order valence-electron chi connectivity index (χ3n) is 6.75. The summed E-state index contributed by atoms with van der Waals surface area (Å²) < 4.78 is 11.4. The lowest BCUT2D eigenvalue weighted by atomic mass is 10.1. The van der Waals surface area contributed by atoms with Gasteiger partial charge in [-0.15, -0.1) is 0 Å². The third-order valence-corrected chi connectivity index (χ3v) is 6.75. The summed E-state index contributed by atoms with van der Waals surface area (Å²) in [5.41, 5.74) is 6.08. The second-order valence-electron chi connectivity index (χ2n) is 9.34. The molecule has 4 aromatic rings. The Morgan fingerprint density at radius 2 is 1.94 bits per heavy atom. The van der Waals surface area contributed by atoms with Crippen LogP contribution in [0, 0.1) is 19.8 Å². The van der Waals surface area contributed by atoms with Gasteiger partial charge in [0.25, 0.3) is 5.91 Å². The van der Waals surface area contributed by atoms with Crippen LogP contribution >= 0.6 is 0 Å². The SMILES string of the molecule is Cc1[nH]c2ccc(C(=O)N(Cc3ccc(OC[C@@H]4CCOC4)cc3)Cc3cccnc3)cc2c1C. The third kappa shape index (κ3) is 5.38. The molecule has 1 aliphatic rings. The van der Waals surface area contributed by atoms with Gasteiger partial charge < -0.3 is 19.4 Å². The highest BCUT2D eigenvalue weighted by atomic mass is 16.5. The van der Waals surface area contributed by atoms with Gasteiger partial charge in [0.1, 0.15) is 5.75 Å². The molecule has 1 amide bonds. The number of benzene rings is 2. The van der Waals surface area contributed by atoms with Gasteiger partial charge in [-0.2, -0.15) is 0 Å². The van der Waals surface area contributed by atoms with Gasteiger partial charge in [0, 0.05) is 60.2 Å². The van der Waals surface area contributed by atoms with Crippen molar-refractivity contribution < 1.29 is 14.3 Å². The summed E-state index contributed by atoms with van der Waals surface area (Å²) in [6, 6.07) is 17.8. The molecule has 0 radical (unpaired) electrons. The van der Waals surface area contributed by atoms with E-state index in [0.29, 0.717) is 31.2 Å². The molecule has 5 rings (SSSR count). The number of H-pyrrole nitrogens is 1. The first-order valence-corrected chi connectivity index (χ1v) is 12.1. The first-order chi connectivity index (χ1) is 17.1. The number of amides is 1. The average molecular weight is 470 g/mol. The molecular formula is C29H31N3O3. The van der Waals surface area contributed by atoms with E-state index in [1.54, 1.807) is 6.20 Å². The number of nitrogens with zero attached hydrogens (tertiary/aromatic N) is 2. The highest BCUT2D eigenvalue weighted by molar-refractivity contribution is 5.99. The zero-order chi connectivity index (χ0) is 24.2. The van der Waals surface area contributed by atoms with Gasteiger partial charge in [-0.05, 0) is 73.4 Å². The number of nitrogens with one attached hydrogen (secondary N) is 1. The van der Waals surface area contributed by atoms with Crippen LogP contribution in [-0.4, -0.2) is 40.6 Å². The van der Waals surface area contributed by atoms with E-state index in [4.69, 9.17) is 9.47 Å². The monoisotopic (exact) mass is 469 g/mol. The van der Waals surface area contributed by atoms with Crippen molar-refractivity contribution in [3.63, 3.8) is 0 Å². The van der Waals surface area contributed by atoms with Crippen molar-refractivity contribution in [2.24, 2.45) is 5.92 Å². The van der Waals surface area contributed by atoms with Crippen LogP contribution in [0.3, 0.4) is 0 Å². The number of hydrogen-bond donors (Lipinski definition) is 1. The Balaban J connectivity index is 1.35. The van der Waals surface area contributed by atoms with Crippen molar-refractivity contribution in [2.45, 2.75) is 33.4 Å². The van der Waals surface area contributed by atoms with Crippen LogP contribution in [0.15, 0.2) is 67.0 Å². The average Bonchev–Trinajstić information content (AvgIpc) is 3.51. The highest BCUT2D eigenvalue weighted by Crippen LogP contribution is 2.24. The van der Waals surface area contributed by atoms with E-state index in [2.05, 4.69) is 23.8 Å². The number of fused-ring (bicyclic) bond motifs is 1. The van der Waals surface area contributed by atoms with E-state index in [9.17, 15) is 4.79 Å². The summed E-state index contributed by atoms with van der Waals surface area (Å²) in [6.45, 7) is 7.38. The molecule has 0 unspecified atom stereocenters. The van der Waals surface area contributed by atoms with Crippen molar-refractivity contribution in [1.82, 2.24) is 14.9 Å². The molecule has 1 aliphatic heterocycles. The molecule has 1 saturated heterocycles. The van der Waals surface area contributed by atoms with Crippen LogP contribution < -0.4 is 4.74 Å². The molecule has 2 aromatic heterocycles. The van der Waals surface area contributed by atoms with Crippen LogP contribution in [-0.2, 0) is 17.8 Å². The number of aromatic nitrogens is 2. The number of carbonyl (C=O) groups excluding carboxylic acids is 1. The minimum absolute atomic E-state index is 0.00411. The first kappa shape index (κ1) is 23.1. The Kier molecular flexibility index (Phi) is 6.82. The van der Waals surface area contributed by atoms with Gasteiger partial charge in [0.2, 0.25) is 0 Å². The summed E-state index contributed by atoms with van der Waals surface area (Å²) in [5.74, 6) is 1.30. The molecule has 0 saturated carbocycles. The molecule has 35 heavy (non-hydrogen) atoms. The maximum absolute atomic E-state index is 13.7. The molecule has 1 N–H and O–H groups in total. The molecule has 0 aliphatic carbocycles. The van der Waals surface area contributed by atoms with E-state index in [0.717, 1.165) is 53.1 Å². The van der Waals surface area contributed by atoms with Gasteiger partial charge in [-0.1, -0.05) is 18.2 Å². The minimum Gasteiger partial charge on any atom is -0.493 e.